The average molecular weight is 107 g/mol. The molecule has 2 nitrogen and oxygen atoms in total. The second kappa shape index (κ2) is 4.02. The molecule has 0 atom stereocenters. The number of aliphatic hydroxyl groups excluding tert-OH is 1. The predicted octanol–water partition coefficient (Wildman–Crippen LogP) is 0.971. The normalized spacial score (nSPS) is 10.3. The SMILES string of the molecule is O[C](O)CCCF. The topological polar surface area (TPSA) is 40.5 Å². The van der Waals surface area contributed by atoms with E-state index < -0.39 is 13.0 Å². The van der Waals surface area contributed by atoms with E-state index in [0.29, 0.717) is 0 Å². The van der Waals surface area contributed by atoms with E-state index >= 15 is 0 Å². The molecule has 0 aromatic carbocycles. The summed E-state index contributed by atoms with van der Waals surface area (Å²) in [5.41, 5.74) is 0. The number of alkyl halides is 1. The van der Waals surface area contributed by atoms with Gasteiger partial charge in [-0.05, 0) is 6.42 Å². The molecule has 0 aliphatic heterocycles. The smallest absolute Gasteiger partial charge is 0.218 e. The molecule has 0 amide bonds. The first kappa shape index (κ1) is 6.85. The predicted molar refractivity (Wildman–Crippen MR) is 22.3 cm³/mol. The summed E-state index contributed by atoms with van der Waals surface area (Å²) < 4.78 is 11.1. The highest BCUT2D eigenvalue weighted by atomic mass is 19.1. The van der Waals surface area contributed by atoms with Crippen molar-refractivity contribution in [3.63, 3.8) is 0 Å². The number of hydrogen-bond acceptors (Lipinski definition) is 2. The minimum atomic E-state index is -0.683. The van der Waals surface area contributed by atoms with Crippen molar-refractivity contribution in [2.45, 2.75) is 12.8 Å². The van der Waals surface area contributed by atoms with Crippen molar-refractivity contribution >= 4 is 0 Å². The van der Waals surface area contributed by atoms with E-state index in [1.165, 1.54) is 0 Å². The van der Waals surface area contributed by atoms with E-state index in [2.05, 4.69) is 0 Å². The van der Waals surface area contributed by atoms with Gasteiger partial charge in [-0.15, -0.1) is 0 Å². The summed E-state index contributed by atoms with van der Waals surface area (Å²) >= 11 is 0. The molecule has 7 heavy (non-hydrogen) atoms. The van der Waals surface area contributed by atoms with Crippen LogP contribution in [-0.4, -0.2) is 16.9 Å². The van der Waals surface area contributed by atoms with Crippen LogP contribution in [0.3, 0.4) is 0 Å². The van der Waals surface area contributed by atoms with Gasteiger partial charge in [0.25, 0.3) is 0 Å². The van der Waals surface area contributed by atoms with E-state index in [9.17, 15) is 4.39 Å². The number of hydrogen-bond donors (Lipinski definition) is 2. The highest BCUT2D eigenvalue weighted by molar-refractivity contribution is 4.55. The van der Waals surface area contributed by atoms with Crippen LogP contribution in [0.25, 0.3) is 0 Å². The third kappa shape index (κ3) is 5.85. The zero-order valence-electron chi connectivity index (χ0n) is 3.89. The zero-order chi connectivity index (χ0) is 5.70. The van der Waals surface area contributed by atoms with Crippen molar-refractivity contribution in [1.82, 2.24) is 0 Å². The Morgan fingerprint density at radius 3 is 2.14 bits per heavy atom. The van der Waals surface area contributed by atoms with Crippen LogP contribution >= 0.6 is 0 Å². The quantitative estimate of drug-likeness (QED) is 0.564. The minimum Gasteiger partial charge on any atom is -0.361 e. The lowest BCUT2D eigenvalue weighted by molar-refractivity contribution is 0.0694. The molecule has 0 aromatic heterocycles. The van der Waals surface area contributed by atoms with Crippen molar-refractivity contribution in [1.29, 1.82) is 0 Å². The lowest BCUT2D eigenvalue weighted by Gasteiger charge is -1.94. The molecule has 0 aliphatic rings. The molecule has 0 aliphatic carbocycles. The van der Waals surface area contributed by atoms with Gasteiger partial charge in [0.1, 0.15) is 0 Å². The second-order valence-electron chi connectivity index (χ2n) is 1.21. The van der Waals surface area contributed by atoms with Crippen molar-refractivity contribution in [3.05, 3.63) is 6.29 Å². The Morgan fingerprint density at radius 1 is 1.43 bits per heavy atom. The molecule has 0 saturated heterocycles. The van der Waals surface area contributed by atoms with Crippen molar-refractivity contribution < 1.29 is 14.6 Å². The molecule has 0 unspecified atom stereocenters. The van der Waals surface area contributed by atoms with Crippen LogP contribution in [0, 0.1) is 6.29 Å². The number of aliphatic hydroxyl groups is 2. The van der Waals surface area contributed by atoms with Crippen LogP contribution in [0.5, 0.6) is 0 Å². The molecule has 0 fully saturated rings. The van der Waals surface area contributed by atoms with Gasteiger partial charge in [0.05, 0.1) is 6.67 Å². The molecule has 0 saturated carbocycles. The Balaban J connectivity index is 2.68. The van der Waals surface area contributed by atoms with E-state index in [-0.39, 0.29) is 12.8 Å². The zero-order valence-corrected chi connectivity index (χ0v) is 3.89. The summed E-state index contributed by atoms with van der Waals surface area (Å²) in [6.07, 6.45) is -0.434. The molecule has 1 radical (unpaired) electrons. The molecule has 0 spiro atoms. The van der Waals surface area contributed by atoms with Gasteiger partial charge < -0.3 is 10.2 Å². The maximum Gasteiger partial charge on any atom is 0.218 e. The van der Waals surface area contributed by atoms with Gasteiger partial charge in [-0.2, -0.15) is 0 Å². The van der Waals surface area contributed by atoms with Gasteiger partial charge in [0, 0.05) is 6.42 Å². The first-order chi connectivity index (χ1) is 3.27. The summed E-state index contributed by atoms with van der Waals surface area (Å²) in [5, 5.41) is 16.0. The second-order valence-corrected chi connectivity index (χ2v) is 1.21. The fraction of sp³-hybridized carbons (Fsp3) is 0.750. The molecular weight excluding hydrogens is 99.0 g/mol. The van der Waals surface area contributed by atoms with Crippen LogP contribution < -0.4 is 0 Å². The first-order valence-electron chi connectivity index (χ1n) is 2.07. The van der Waals surface area contributed by atoms with Crippen LogP contribution in [0.2, 0.25) is 0 Å². The molecule has 43 valence electrons. The van der Waals surface area contributed by atoms with Crippen molar-refractivity contribution in [3.8, 4) is 0 Å². The Morgan fingerprint density at radius 2 is 2.00 bits per heavy atom. The minimum absolute atomic E-state index is 0.0521. The van der Waals surface area contributed by atoms with E-state index in [4.69, 9.17) is 10.2 Å². The first-order valence-corrected chi connectivity index (χ1v) is 2.07. The fourth-order valence-corrected chi connectivity index (χ4v) is 0.225. The number of halogens is 1. The third-order valence-corrected chi connectivity index (χ3v) is 0.534. The standard InChI is InChI=1S/C4H8FO2/c5-3-1-2-4(6)7/h6-7H,1-3H2. The summed E-state index contributed by atoms with van der Waals surface area (Å²) in [6, 6.07) is 0. The van der Waals surface area contributed by atoms with Gasteiger partial charge >= 0.3 is 0 Å². The van der Waals surface area contributed by atoms with Gasteiger partial charge in [-0.1, -0.05) is 0 Å². The highest BCUT2D eigenvalue weighted by Crippen LogP contribution is 1.98. The summed E-state index contributed by atoms with van der Waals surface area (Å²) in [6.45, 7) is -0.495. The number of rotatable bonds is 3. The van der Waals surface area contributed by atoms with Crippen molar-refractivity contribution in [2.75, 3.05) is 6.67 Å². The van der Waals surface area contributed by atoms with Crippen LogP contribution in [0.15, 0.2) is 0 Å². The monoisotopic (exact) mass is 107 g/mol. The Bertz CT molecular complexity index is 38.7. The van der Waals surface area contributed by atoms with Crippen LogP contribution in [-0.2, 0) is 0 Å². The van der Waals surface area contributed by atoms with Gasteiger partial charge in [0.15, 0.2) is 0 Å². The average Bonchev–Trinajstić information content (AvgIpc) is 1.61. The molecule has 0 heterocycles. The van der Waals surface area contributed by atoms with Gasteiger partial charge in [0.2, 0.25) is 6.29 Å². The van der Waals surface area contributed by atoms with Gasteiger partial charge in [-0.25, -0.2) is 0 Å². The molecular formula is C4H8FO2. The molecule has 3 heteroatoms. The molecule has 0 rings (SSSR count). The lowest BCUT2D eigenvalue weighted by atomic mass is 10.3. The molecule has 0 aromatic rings. The van der Waals surface area contributed by atoms with E-state index in [0.717, 1.165) is 0 Å². The van der Waals surface area contributed by atoms with Gasteiger partial charge in [-0.3, -0.25) is 4.39 Å². The maximum absolute atomic E-state index is 11.1. The highest BCUT2D eigenvalue weighted by Gasteiger charge is 1.95. The van der Waals surface area contributed by atoms with E-state index in [1.807, 2.05) is 0 Å². The summed E-state index contributed by atoms with van der Waals surface area (Å²) in [7, 11) is 0. The van der Waals surface area contributed by atoms with Crippen LogP contribution in [0.1, 0.15) is 12.8 Å². The van der Waals surface area contributed by atoms with Crippen LogP contribution in [0.4, 0.5) is 4.39 Å². The third-order valence-electron chi connectivity index (χ3n) is 0.534. The molecule has 2 N–H and O–H groups in total. The maximum atomic E-state index is 11.1. The lowest BCUT2D eigenvalue weighted by Crippen LogP contribution is -1.92. The Labute approximate surface area is 41.6 Å². The largest absolute Gasteiger partial charge is 0.361 e. The Hall–Kier alpha value is -0.150. The fourth-order valence-electron chi connectivity index (χ4n) is 0.225. The Kier molecular flexibility index (Phi) is 3.93. The summed E-state index contributed by atoms with van der Waals surface area (Å²) in [4.78, 5) is 0. The van der Waals surface area contributed by atoms with E-state index in [1.54, 1.807) is 0 Å². The van der Waals surface area contributed by atoms with Crippen molar-refractivity contribution in [2.24, 2.45) is 0 Å². The molecule has 0 bridgehead atoms. The summed E-state index contributed by atoms with van der Waals surface area (Å²) in [5.74, 6) is 0.